The van der Waals surface area contributed by atoms with E-state index in [1.165, 1.54) is 10.9 Å². The van der Waals surface area contributed by atoms with E-state index >= 15 is 0 Å². The average molecular weight is 335 g/mol. The van der Waals surface area contributed by atoms with Crippen molar-refractivity contribution in [3.8, 4) is 0 Å². The highest BCUT2D eigenvalue weighted by Gasteiger charge is 2.05. The Kier molecular flexibility index (Phi) is 5.49. The van der Waals surface area contributed by atoms with Crippen LogP contribution in [-0.2, 0) is 6.54 Å². The Morgan fingerprint density at radius 1 is 0.870 bits per heavy atom. The van der Waals surface area contributed by atoms with Gasteiger partial charge < -0.3 is 5.73 Å². The van der Waals surface area contributed by atoms with Crippen LogP contribution < -0.4 is 28.9 Å². The first-order valence-corrected chi connectivity index (χ1v) is 7.89. The van der Waals surface area contributed by atoms with Crippen molar-refractivity contribution in [1.29, 1.82) is 0 Å². The number of nitrogen functional groups attached to an aromatic ring is 1. The molecule has 6 nitrogen and oxygen atoms in total. The third kappa shape index (κ3) is 5.82. The number of hydrogen-bond acceptors (Lipinski definition) is 5. The Hall–Kier alpha value is -2.22. The molecule has 0 spiro atoms. The largest absolute Gasteiger partial charge is 0.398 e. The molecule has 2 aromatic carbocycles. The van der Waals surface area contributed by atoms with Gasteiger partial charge in [-0.2, -0.15) is 0 Å². The first kappa shape index (κ1) is 17.1. The van der Waals surface area contributed by atoms with Gasteiger partial charge in [0.15, 0.2) is 18.9 Å². The third-order valence-corrected chi connectivity index (χ3v) is 3.12. The lowest BCUT2D eigenvalue weighted by Crippen LogP contribution is -2.68. The van der Waals surface area contributed by atoms with Gasteiger partial charge in [-0.1, -0.05) is 36.4 Å². The van der Waals surface area contributed by atoms with Crippen LogP contribution >= 0.6 is 0 Å². The van der Waals surface area contributed by atoms with Crippen molar-refractivity contribution >= 4 is 16.5 Å². The predicted molar refractivity (Wildman–Crippen MR) is 74.1 cm³/mol. The number of pyridine rings is 1. The molecule has 23 heavy (non-hydrogen) atoms. The number of halogens is 1. The topological polar surface area (TPSA) is 122 Å². The molecular formula is C16H15ClN2O4. The molecule has 0 amide bonds. The van der Waals surface area contributed by atoms with Gasteiger partial charge in [-0.25, -0.2) is 23.2 Å². The first-order chi connectivity index (χ1) is 10.8. The van der Waals surface area contributed by atoms with E-state index in [9.17, 15) is 0 Å². The molecule has 1 heterocycles. The second-order valence-electron chi connectivity index (χ2n) is 4.83. The van der Waals surface area contributed by atoms with Crippen LogP contribution in [0.1, 0.15) is 5.56 Å². The zero-order valence-corrected chi connectivity index (χ0v) is 12.8. The molecule has 0 saturated heterocycles. The second-order valence-corrected chi connectivity index (χ2v) is 5.59. The Morgan fingerprint density at radius 2 is 1.52 bits per heavy atom. The van der Waals surface area contributed by atoms with Crippen molar-refractivity contribution in [2.24, 2.45) is 0 Å². The quantitative estimate of drug-likeness (QED) is 0.429. The molecule has 3 aromatic rings. The maximum atomic E-state index is 8.49. The molecule has 0 fully saturated rings. The SMILES string of the molecule is Nc1cccc2c[n+](Cc3ccccc3)ccc12.[O-][Cl+3]([O-])([O-])[O-]. The number of rotatable bonds is 2. The van der Waals surface area contributed by atoms with Crippen LogP contribution in [0, 0.1) is 10.2 Å². The van der Waals surface area contributed by atoms with Crippen molar-refractivity contribution in [1.82, 2.24) is 0 Å². The van der Waals surface area contributed by atoms with E-state index in [0.29, 0.717) is 0 Å². The highest BCUT2D eigenvalue weighted by Crippen LogP contribution is 2.18. The lowest BCUT2D eigenvalue weighted by Gasteiger charge is -2.17. The number of fused-ring (bicyclic) bond motifs is 1. The van der Waals surface area contributed by atoms with Crippen LogP contribution in [0.5, 0.6) is 0 Å². The molecule has 0 aliphatic rings. The molecule has 2 N–H and O–H groups in total. The van der Waals surface area contributed by atoms with Crippen LogP contribution in [0.2, 0.25) is 0 Å². The monoisotopic (exact) mass is 334 g/mol. The fourth-order valence-corrected chi connectivity index (χ4v) is 2.19. The Morgan fingerprint density at radius 3 is 2.17 bits per heavy atom. The van der Waals surface area contributed by atoms with Crippen LogP contribution in [0.3, 0.4) is 0 Å². The number of nitrogens with zero attached hydrogens (tertiary/aromatic N) is 1. The molecule has 0 aliphatic carbocycles. The molecule has 0 aliphatic heterocycles. The number of hydrogen-bond donors (Lipinski definition) is 1. The Labute approximate surface area is 135 Å². The first-order valence-electron chi connectivity index (χ1n) is 6.66. The number of nitrogens with two attached hydrogens (primary N) is 1. The summed E-state index contributed by atoms with van der Waals surface area (Å²) in [5, 5.41) is 2.29. The van der Waals surface area contributed by atoms with Crippen LogP contribution in [0.15, 0.2) is 67.0 Å². The van der Waals surface area contributed by atoms with Crippen molar-refractivity contribution in [3.63, 3.8) is 0 Å². The van der Waals surface area contributed by atoms with E-state index in [1.54, 1.807) is 0 Å². The van der Waals surface area contributed by atoms with E-state index < -0.39 is 10.2 Å². The summed E-state index contributed by atoms with van der Waals surface area (Å²) in [5.41, 5.74) is 8.08. The maximum Gasteiger partial charge on any atom is 0.177 e. The minimum atomic E-state index is -4.94. The van der Waals surface area contributed by atoms with Crippen molar-refractivity contribution in [2.45, 2.75) is 6.54 Å². The summed E-state index contributed by atoms with van der Waals surface area (Å²) < 4.78 is 36.1. The third-order valence-electron chi connectivity index (χ3n) is 3.12. The van der Waals surface area contributed by atoms with Gasteiger partial charge in [0.2, 0.25) is 0 Å². The summed E-state index contributed by atoms with van der Waals surface area (Å²) in [6, 6.07) is 18.5. The lowest BCUT2D eigenvalue weighted by molar-refractivity contribution is -2.00. The average Bonchev–Trinajstić information content (AvgIpc) is 2.47. The predicted octanol–water partition coefficient (Wildman–Crippen LogP) is -2.00. The van der Waals surface area contributed by atoms with Gasteiger partial charge in [0.1, 0.15) is 0 Å². The van der Waals surface area contributed by atoms with Crippen LogP contribution in [0.4, 0.5) is 5.69 Å². The Bertz CT molecular complexity index is 770. The standard InChI is InChI=1S/C16H15N2.ClHO4/c17-16-8-4-7-14-12-18(10-9-15(14)16)11-13-5-2-1-3-6-13;2-1(3,4)5/h1-10,12H,11,17H2;(H,2,3,4,5)/q+1;/p-1. The van der Waals surface area contributed by atoms with Crippen molar-refractivity contribution in [3.05, 3.63) is 72.6 Å². The summed E-state index contributed by atoms with van der Waals surface area (Å²) in [4.78, 5) is 0. The van der Waals surface area contributed by atoms with Gasteiger partial charge >= 0.3 is 0 Å². The summed E-state index contributed by atoms with van der Waals surface area (Å²) in [7, 11) is -4.94. The molecule has 0 saturated carbocycles. The van der Waals surface area contributed by atoms with Crippen molar-refractivity contribution in [2.75, 3.05) is 5.73 Å². The second kappa shape index (κ2) is 7.36. The zero-order chi connectivity index (χ0) is 16.9. The number of aromatic nitrogens is 1. The lowest BCUT2D eigenvalue weighted by atomic mass is 10.1. The van der Waals surface area contributed by atoms with Gasteiger partial charge in [0.25, 0.3) is 0 Å². The molecule has 3 rings (SSSR count). The fourth-order valence-electron chi connectivity index (χ4n) is 2.19. The maximum absolute atomic E-state index is 8.49. The molecule has 0 unspecified atom stereocenters. The summed E-state index contributed by atoms with van der Waals surface area (Å²) in [6.45, 7) is 0.881. The normalized spacial score (nSPS) is 11.0. The van der Waals surface area contributed by atoms with E-state index in [-0.39, 0.29) is 0 Å². The minimum absolute atomic E-state index is 0.833. The van der Waals surface area contributed by atoms with Gasteiger partial charge in [-0.15, -0.1) is 10.2 Å². The highest BCUT2D eigenvalue weighted by molar-refractivity contribution is 5.91. The van der Waals surface area contributed by atoms with Gasteiger partial charge in [0.05, 0.1) is 0 Å². The minimum Gasteiger partial charge on any atom is -0.398 e. The zero-order valence-electron chi connectivity index (χ0n) is 12.1. The van der Waals surface area contributed by atoms with Crippen LogP contribution in [-0.4, -0.2) is 0 Å². The summed E-state index contributed by atoms with van der Waals surface area (Å²) in [5.74, 6) is 0. The highest BCUT2D eigenvalue weighted by atomic mass is 35.7. The number of anilines is 1. The molecule has 120 valence electrons. The van der Waals surface area contributed by atoms with Gasteiger partial charge in [-0.3, -0.25) is 0 Å². The van der Waals surface area contributed by atoms with E-state index in [1.807, 2.05) is 18.2 Å². The van der Waals surface area contributed by atoms with Crippen molar-refractivity contribution < 1.29 is 33.4 Å². The van der Waals surface area contributed by atoms with Gasteiger partial charge in [0, 0.05) is 28.1 Å². The Balaban J connectivity index is 0.000000338. The van der Waals surface area contributed by atoms with Gasteiger partial charge in [-0.05, 0) is 12.1 Å². The number of benzene rings is 2. The summed E-state index contributed by atoms with van der Waals surface area (Å²) in [6.07, 6.45) is 4.21. The van der Waals surface area contributed by atoms with E-state index in [2.05, 4.69) is 53.4 Å². The van der Waals surface area contributed by atoms with E-state index in [0.717, 1.165) is 17.6 Å². The molecular weight excluding hydrogens is 320 g/mol. The van der Waals surface area contributed by atoms with Crippen LogP contribution in [0.25, 0.3) is 10.8 Å². The molecule has 0 bridgehead atoms. The molecule has 7 heteroatoms. The molecule has 1 aromatic heterocycles. The molecule has 0 radical (unpaired) electrons. The molecule has 0 atom stereocenters. The fraction of sp³-hybridized carbons (Fsp3) is 0.0625. The smallest absolute Gasteiger partial charge is 0.177 e. The summed E-state index contributed by atoms with van der Waals surface area (Å²) >= 11 is 0. The van der Waals surface area contributed by atoms with E-state index in [4.69, 9.17) is 24.4 Å².